The van der Waals surface area contributed by atoms with E-state index < -0.39 is 0 Å². The van der Waals surface area contributed by atoms with Gasteiger partial charge in [-0.3, -0.25) is 4.79 Å². The highest BCUT2D eigenvalue weighted by Crippen LogP contribution is 2.17. The summed E-state index contributed by atoms with van der Waals surface area (Å²) in [6, 6.07) is 7.64. The standard InChI is InChI=1S/C10H6OS/c11-9-6-5-7-3-1-2-4-8(7)10(9)12/h1-6H. The van der Waals surface area contributed by atoms with Gasteiger partial charge in [-0.15, -0.1) is 0 Å². The Kier molecular flexibility index (Phi) is 1.62. The summed E-state index contributed by atoms with van der Waals surface area (Å²) in [4.78, 5) is 11.6. The molecule has 0 atom stereocenters. The van der Waals surface area contributed by atoms with Crippen LogP contribution in [0.15, 0.2) is 30.3 Å². The maximum Gasteiger partial charge on any atom is 0.197 e. The third-order valence-corrected chi connectivity index (χ3v) is 2.26. The molecule has 12 heavy (non-hydrogen) atoms. The molecule has 0 unspecified atom stereocenters. The van der Waals surface area contributed by atoms with Crippen molar-refractivity contribution in [3.8, 4) is 0 Å². The minimum Gasteiger partial charge on any atom is -0.288 e. The van der Waals surface area contributed by atoms with Crippen LogP contribution in [0.5, 0.6) is 0 Å². The summed E-state index contributed by atoms with van der Waals surface area (Å²) in [5, 5.41) is 0. The van der Waals surface area contributed by atoms with Gasteiger partial charge in [0.2, 0.25) is 0 Å². The van der Waals surface area contributed by atoms with E-state index in [2.05, 4.69) is 0 Å². The molecule has 0 spiro atoms. The average Bonchev–Trinajstić information content (AvgIpc) is 2.12. The van der Waals surface area contributed by atoms with Gasteiger partial charge in [-0.05, 0) is 11.6 Å². The van der Waals surface area contributed by atoms with Crippen molar-refractivity contribution in [1.29, 1.82) is 0 Å². The van der Waals surface area contributed by atoms with Gasteiger partial charge in [0.1, 0.15) is 0 Å². The molecule has 1 aliphatic carbocycles. The van der Waals surface area contributed by atoms with E-state index in [9.17, 15) is 4.79 Å². The Labute approximate surface area is 75.7 Å². The first-order valence-electron chi connectivity index (χ1n) is 3.65. The molecule has 0 aliphatic heterocycles. The molecular formula is C10H6OS. The highest BCUT2D eigenvalue weighted by molar-refractivity contribution is 7.82. The first-order valence-corrected chi connectivity index (χ1v) is 4.05. The van der Waals surface area contributed by atoms with Crippen molar-refractivity contribution in [2.45, 2.75) is 0 Å². The van der Waals surface area contributed by atoms with Crippen molar-refractivity contribution >= 4 is 28.9 Å². The second-order valence-electron chi connectivity index (χ2n) is 2.61. The van der Waals surface area contributed by atoms with Crippen molar-refractivity contribution in [2.24, 2.45) is 0 Å². The van der Waals surface area contributed by atoms with Crippen LogP contribution in [0.25, 0.3) is 6.08 Å². The number of ketones is 1. The highest BCUT2D eigenvalue weighted by atomic mass is 32.1. The minimum atomic E-state index is -0.0660. The van der Waals surface area contributed by atoms with Crippen molar-refractivity contribution in [2.75, 3.05) is 0 Å². The van der Waals surface area contributed by atoms with Crippen LogP contribution in [-0.2, 0) is 4.79 Å². The lowest BCUT2D eigenvalue weighted by Gasteiger charge is -2.08. The van der Waals surface area contributed by atoms with Gasteiger partial charge in [-0.1, -0.05) is 42.6 Å². The Bertz CT molecular complexity index is 391. The van der Waals surface area contributed by atoms with Crippen LogP contribution in [0.3, 0.4) is 0 Å². The smallest absolute Gasteiger partial charge is 0.197 e. The Morgan fingerprint density at radius 3 is 2.67 bits per heavy atom. The fraction of sp³-hybridized carbons (Fsp3) is 0. The number of allylic oxidation sites excluding steroid dienone is 1. The zero-order valence-corrected chi connectivity index (χ0v) is 7.10. The van der Waals surface area contributed by atoms with Crippen LogP contribution in [0.2, 0.25) is 0 Å². The quantitative estimate of drug-likeness (QED) is 0.559. The van der Waals surface area contributed by atoms with Gasteiger partial charge >= 0.3 is 0 Å². The molecule has 58 valence electrons. The van der Waals surface area contributed by atoms with E-state index in [1.165, 1.54) is 6.08 Å². The number of benzene rings is 1. The minimum absolute atomic E-state index is 0.0660. The Morgan fingerprint density at radius 2 is 1.83 bits per heavy atom. The number of fused-ring (bicyclic) bond motifs is 1. The van der Waals surface area contributed by atoms with E-state index in [1.807, 2.05) is 24.3 Å². The lowest BCUT2D eigenvalue weighted by Crippen LogP contribution is -2.14. The molecule has 1 aliphatic rings. The average molecular weight is 174 g/mol. The molecule has 0 fully saturated rings. The fourth-order valence-corrected chi connectivity index (χ4v) is 1.48. The molecule has 1 aromatic carbocycles. The summed E-state index contributed by atoms with van der Waals surface area (Å²) in [5.74, 6) is -0.0660. The largest absolute Gasteiger partial charge is 0.288 e. The number of hydrogen-bond acceptors (Lipinski definition) is 2. The van der Waals surface area contributed by atoms with Crippen LogP contribution < -0.4 is 0 Å². The van der Waals surface area contributed by atoms with Crippen molar-refractivity contribution < 1.29 is 4.79 Å². The van der Waals surface area contributed by atoms with Crippen LogP contribution in [0.4, 0.5) is 0 Å². The van der Waals surface area contributed by atoms with Gasteiger partial charge in [0.25, 0.3) is 0 Å². The van der Waals surface area contributed by atoms with E-state index in [-0.39, 0.29) is 5.78 Å². The van der Waals surface area contributed by atoms with Crippen molar-refractivity contribution in [3.63, 3.8) is 0 Å². The molecule has 0 bridgehead atoms. The second kappa shape index (κ2) is 2.64. The van der Waals surface area contributed by atoms with E-state index in [1.54, 1.807) is 6.08 Å². The lowest BCUT2D eigenvalue weighted by atomic mass is 9.97. The highest BCUT2D eigenvalue weighted by Gasteiger charge is 2.15. The molecule has 0 aromatic heterocycles. The van der Waals surface area contributed by atoms with E-state index in [4.69, 9.17) is 12.2 Å². The summed E-state index contributed by atoms with van der Waals surface area (Å²) in [6.45, 7) is 0. The van der Waals surface area contributed by atoms with Crippen LogP contribution in [0.1, 0.15) is 11.1 Å². The maximum absolute atomic E-state index is 11.1. The van der Waals surface area contributed by atoms with E-state index >= 15 is 0 Å². The van der Waals surface area contributed by atoms with E-state index in [0.717, 1.165) is 11.1 Å². The molecule has 0 radical (unpaired) electrons. The molecule has 2 heteroatoms. The van der Waals surface area contributed by atoms with Crippen LogP contribution in [-0.4, -0.2) is 10.6 Å². The number of carbonyl (C=O) groups excluding carboxylic acids is 1. The fourth-order valence-electron chi connectivity index (χ4n) is 1.22. The number of rotatable bonds is 0. The molecule has 0 N–H and O–H groups in total. The van der Waals surface area contributed by atoms with Crippen molar-refractivity contribution in [3.05, 3.63) is 41.5 Å². The number of carbonyl (C=O) groups is 1. The lowest BCUT2D eigenvalue weighted by molar-refractivity contribution is -0.108. The topological polar surface area (TPSA) is 17.1 Å². The summed E-state index contributed by atoms with van der Waals surface area (Å²) in [6.07, 6.45) is 3.32. The molecular weight excluding hydrogens is 168 g/mol. The van der Waals surface area contributed by atoms with Gasteiger partial charge in [-0.2, -0.15) is 0 Å². The molecule has 0 saturated carbocycles. The monoisotopic (exact) mass is 174 g/mol. The molecule has 0 amide bonds. The summed E-state index contributed by atoms with van der Waals surface area (Å²) in [7, 11) is 0. The van der Waals surface area contributed by atoms with Crippen LogP contribution in [0, 0.1) is 0 Å². The molecule has 2 rings (SSSR count). The van der Waals surface area contributed by atoms with Crippen molar-refractivity contribution in [1.82, 2.24) is 0 Å². The SMILES string of the molecule is O=C1C=Cc2ccccc2C1=S. The zero-order chi connectivity index (χ0) is 8.55. The first kappa shape index (κ1) is 7.37. The number of thiocarbonyl (C=S) groups is 1. The number of hydrogen-bond donors (Lipinski definition) is 0. The maximum atomic E-state index is 11.1. The van der Waals surface area contributed by atoms with Crippen LogP contribution >= 0.6 is 12.2 Å². The van der Waals surface area contributed by atoms with Gasteiger partial charge in [0, 0.05) is 5.56 Å². The third-order valence-electron chi connectivity index (χ3n) is 1.84. The molecule has 1 aromatic rings. The zero-order valence-electron chi connectivity index (χ0n) is 6.28. The van der Waals surface area contributed by atoms with Gasteiger partial charge in [0.05, 0.1) is 4.86 Å². The summed E-state index contributed by atoms with van der Waals surface area (Å²) in [5.41, 5.74) is 1.90. The third kappa shape index (κ3) is 1.01. The summed E-state index contributed by atoms with van der Waals surface area (Å²) < 4.78 is 0. The predicted molar refractivity (Wildman–Crippen MR) is 52.2 cm³/mol. The van der Waals surface area contributed by atoms with Gasteiger partial charge in [0.15, 0.2) is 5.78 Å². The first-order chi connectivity index (χ1) is 5.79. The Hall–Kier alpha value is -1.28. The second-order valence-corrected chi connectivity index (χ2v) is 3.02. The predicted octanol–water partition coefficient (Wildman–Crippen LogP) is 2.00. The van der Waals surface area contributed by atoms with Gasteiger partial charge in [-0.25, -0.2) is 0 Å². The molecule has 1 nitrogen and oxygen atoms in total. The Balaban J connectivity index is 2.67. The Morgan fingerprint density at radius 1 is 1.08 bits per heavy atom. The van der Waals surface area contributed by atoms with Gasteiger partial charge < -0.3 is 0 Å². The molecule has 0 heterocycles. The summed E-state index contributed by atoms with van der Waals surface area (Å²) >= 11 is 4.98. The normalized spacial score (nSPS) is 14.7. The van der Waals surface area contributed by atoms with E-state index in [0.29, 0.717) is 4.86 Å². The molecule has 0 saturated heterocycles.